The molecule has 0 spiro atoms. The van der Waals surface area contributed by atoms with Crippen LogP contribution in [-0.4, -0.2) is 28.0 Å². The highest BCUT2D eigenvalue weighted by Crippen LogP contribution is 2.44. The van der Waals surface area contributed by atoms with Crippen LogP contribution in [0.15, 0.2) is 51.9 Å². The highest BCUT2D eigenvalue weighted by Gasteiger charge is 2.43. The Morgan fingerprint density at radius 2 is 1.96 bits per heavy atom. The number of hydrogen-bond acceptors (Lipinski definition) is 4. The van der Waals surface area contributed by atoms with Crippen LogP contribution in [0, 0.1) is 5.41 Å². The Hall–Kier alpha value is -2.25. The van der Waals surface area contributed by atoms with E-state index in [1.54, 1.807) is 6.07 Å². The molecule has 3 rings (SSSR count). The van der Waals surface area contributed by atoms with Crippen LogP contribution in [-0.2, 0) is 12.0 Å². The van der Waals surface area contributed by atoms with Gasteiger partial charge in [0.25, 0.3) is 11.5 Å². The fraction of sp³-hybridized carbons (Fsp3) is 0.316. The number of amides is 1. The van der Waals surface area contributed by atoms with Crippen LogP contribution in [0.25, 0.3) is 0 Å². The number of rotatable bonds is 5. The lowest BCUT2D eigenvalue weighted by Gasteiger charge is -2.42. The first-order valence-corrected chi connectivity index (χ1v) is 9.24. The van der Waals surface area contributed by atoms with Gasteiger partial charge >= 0.3 is 0 Å². The van der Waals surface area contributed by atoms with E-state index >= 15 is 0 Å². The van der Waals surface area contributed by atoms with Crippen molar-refractivity contribution in [1.82, 2.24) is 9.88 Å². The molecule has 1 amide bonds. The Labute approximate surface area is 159 Å². The smallest absolute Gasteiger partial charge is 0.263 e. The molecular weight excluding hydrogens is 398 g/mol. The zero-order valence-corrected chi connectivity index (χ0v) is 15.8. The summed E-state index contributed by atoms with van der Waals surface area (Å²) in [6.45, 7) is -0.0618. The highest BCUT2D eigenvalue weighted by molar-refractivity contribution is 9.10. The summed E-state index contributed by atoms with van der Waals surface area (Å²) in [6, 6.07) is 10.8. The van der Waals surface area contributed by atoms with Crippen molar-refractivity contribution >= 4 is 27.7 Å². The first kappa shape index (κ1) is 18.5. The third-order valence-electron chi connectivity index (χ3n) is 4.93. The lowest BCUT2D eigenvalue weighted by molar-refractivity contribution is 0.0969. The van der Waals surface area contributed by atoms with Gasteiger partial charge in [0.1, 0.15) is 11.4 Å². The molecule has 1 aliphatic rings. The van der Waals surface area contributed by atoms with Crippen LogP contribution in [0.2, 0.25) is 0 Å². The minimum Gasteiger partial charge on any atom is -0.395 e. The molecule has 7 heteroatoms. The van der Waals surface area contributed by atoms with Crippen LogP contribution in [0.5, 0.6) is 0 Å². The summed E-state index contributed by atoms with van der Waals surface area (Å²) in [4.78, 5) is 24.9. The van der Waals surface area contributed by atoms with Gasteiger partial charge in [0.15, 0.2) is 0 Å². The van der Waals surface area contributed by atoms with Gasteiger partial charge in [0.05, 0.1) is 12.0 Å². The average molecular weight is 418 g/mol. The van der Waals surface area contributed by atoms with Crippen LogP contribution in [0.1, 0.15) is 35.2 Å². The summed E-state index contributed by atoms with van der Waals surface area (Å²) in [5.74, 6) is -0.469. The van der Waals surface area contributed by atoms with Gasteiger partial charge in [-0.25, -0.2) is 0 Å². The molecule has 0 unspecified atom stereocenters. The number of halogens is 1. The summed E-state index contributed by atoms with van der Waals surface area (Å²) in [6.07, 6.45) is 4.09. The summed E-state index contributed by atoms with van der Waals surface area (Å²) >= 11 is 3.41. The maximum atomic E-state index is 12.6. The molecule has 1 saturated carbocycles. The van der Waals surface area contributed by atoms with Crippen molar-refractivity contribution in [3.05, 3.63) is 68.5 Å². The number of amidine groups is 1. The minimum atomic E-state index is -0.587. The number of aliphatic hydroxyl groups excluding tert-OH is 1. The molecule has 26 heavy (non-hydrogen) atoms. The van der Waals surface area contributed by atoms with E-state index in [2.05, 4.69) is 21.2 Å². The Morgan fingerprint density at radius 3 is 2.54 bits per heavy atom. The zero-order chi connectivity index (χ0) is 18.7. The van der Waals surface area contributed by atoms with Crippen molar-refractivity contribution in [2.75, 3.05) is 6.61 Å². The number of carbonyl (C=O) groups excluding carboxylic acids is 1. The van der Waals surface area contributed by atoms with Gasteiger partial charge in [0.2, 0.25) is 0 Å². The second-order valence-corrected chi connectivity index (χ2v) is 7.33. The lowest BCUT2D eigenvalue weighted by atomic mass is 9.63. The van der Waals surface area contributed by atoms with E-state index < -0.39 is 16.9 Å². The van der Waals surface area contributed by atoms with Crippen molar-refractivity contribution in [3.8, 4) is 0 Å². The summed E-state index contributed by atoms with van der Waals surface area (Å²) in [7, 11) is 0. The molecule has 0 radical (unpaired) electrons. The standard InChI is InChI=1S/C19H20BrN3O3/c20-14-6-4-13(5-7-14)19(8-2-9-19)18(21)22-16(25)15-3-1-10-23(11-12-24)17(15)26/h1,3-7,10,24H,2,8-9,11-12H2,(H2,21,22,25). The molecule has 3 N–H and O–H groups in total. The maximum absolute atomic E-state index is 12.6. The quantitative estimate of drug-likeness (QED) is 0.514. The van der Waals surface area contributed by atoms with Gasteiger partial charge in [-0.05, 0) is 42.7 Å². The number of pyridine rings is 1. The predicted molar refractivity (Wildman–Crippen MR) is 103 cm³/mol. The van der Waals surface area contributed by atoms with E-state index in [1.165, 1.54) is 16.8 Å². The predicted octanol–water partition coefficient (Wildman–Crippen LogP) is 2.43. The van der Waals surface area contributed by atoms with Crippen LogP contribution >= 0.6 is 15.9 Å². The Morgan fingerprint density at radius 1 is 1.27 bits per heavy atom. The number of carbonyl (C=O) groups is 1. The fourth-order valence-electron chi connectivity index (χ4n) is 3.28. The van der Waals surface area contributed by atoms with Gasteiger partial charge in [-0.15, -0.1) is 0 Å². The first-order chi connectivity index (χ1) is 12.5. The molecule has 1 aliphatic carbocycles. The summed E-state index contributed by atoms with van der Waals surface area (Å²) in [5.41, 5.74) is -0.0212. The fourth-order valence-corrected chi connectivity index (χ4v) is 3.54. The highest BCUT2D eigenvalue weighted by atomic mass is 79.9. The molecule has 136 valence electrons. The van der Waals surface area contributed by atoms with E-state index in [4.69, 9.17) is 10.5 Å². The molecule has 1 heterocycles. The molecule has 1 aromatic carbocycles. The van der Waals surface area contributed by atoms with E-state index in [0.29, 0.717) is 0 Å². The van der Waals surface area contributed by atoms with Crippen molar-refractivity contribution in [3.63, 3.8) is 0 Å². The largest absolute Gasteiger partial charge is 0.395 e. The molecule has 1 fully saturated rings. The number of aromatic nitrogens is 1. The number of aliphatic hydroxyl groups is 1. The Bertz CT molecular complexity index is 886. The second-order valence-electron chi connectivity index (χ2n) is 6.42. The Balaban J connectivity index is 1.83. The molecule has 1 aromatic heterocycles. The Kier molecular flexibility index (Phi) is 5.38. The molecule has 2 aromatic rings. The molecule has 0 atom stereocenters. The number of nitrogens with one attached hydrogen (secondary N) is 2. The molecule has 0 aliphatic heterocycles. The number of nitrogens with zero attached hydrogens (tertiary/aromatic N) is 1. The van der Waals surface area contributed by atoms with Gasteiger partial charge in [-0.2, -0.15) is 0 Å². The van der Waals surface area contributed by atoms with Gasteiger partial charge < -0.3 is 15.0 Å². The minimum absolute atomic E-state index is 0.0315. The third kappa shape index (κ3) is 3.37. The zero-order valence-electron chi connectivity index (χ0n) is 14.2. The topological polar surface area (TPSA) is 95.2 Å². The first-order valence-electron chi connectivity index (χ1n) is 8.45. The molecule has 0 saturated heterocycles. The van der Waals surface area contributed by atoms with E-state index in [0.717, 1.165) is 29.3 Å². The van der Waals surface area contributed by atoms with Crippen LogP contribution < -0.4 is 10.9 Å². The normalized spacial score (nSPS) is 15.2. The van der Waals surface area contributed by atoms with Crippen molar-refractivity contribution in [2.45, 2.75) is 31.2 Å². The maximum Gasteiger partial charge on any atom is 0.263 e. The lowest BCUT2D eigenvalue weighted by Crippen LogP contribution is -2.51. The average Bonchev–Trinajstić information content (AvgIpc) is 2.57. The number of benzene rings is 1. The molecule has 0 bridgehead atoms. The van der Waals surface area contributed by atoms with Crippen LogP contribution in [0.3, 0.4) is 0 Å². The monoisotopic (exact) mass is 417 g/mol. The number of hydrogen-bond donors (Lipinski definition) is 3. The second kappa shape index (κ2) is 7.55. The van der Waals surface area contributed by atoms with E-state index in [-0.39, 0.29) is 24.6 Å². The SMILES string of the molecule is N=C(NC(=O)c1cccn(CCO)c1=O)C1(c2ccc(Br)cc2)CCC1. The summed E-state index contributed by atoms with van der Waals surface area (Å²) < 4.78 is 2.24. The van der Waals surface area contributed by atoms with E-state index in [1.807, 2.05) is 24.3 Å². The van der Waals surface area contributed by atoms with Crippen molar-refractivity contribution in [2.24, 2.45) is 0 Å². The van der Waals surface area contributed by atoms with Gasteiger partial charge in [0, 0.05) is 17.2 Å². The van der Waals surface area contributed by atoms with Crippen LogP contribution in [0.4, 0.5) is 0 Å². The third-order valence-corrected chi connectivity index (χ3v) is 5.46. The summed E-state index contributed by atoms with van der Waals surface area (Å²) in [5, 5.41) is 20.1. The van der Waals surface area contributed by atoms with Crippen molar-refractivity contribution < 1.29 is 9.90 Å². The molecular formula is C19H20BrN3O3. The van der Waals surface area contributed by atoms with Crippen molar-refractivity contribution in [1.29, 1.82) is 5.41 Å². The van der Waals surface area contributed by atoms with Gasteiger partial charge in [-0.1, -0.05) is 34.5 Å². The van der Waals surface area contributed by atoms with E-state index in [9.17, 15) is 9.59 Å². The van der Waals surface area contributed by atoms with Gasteiger partial charge in [-0.3, -0.25) is 15.0 Å². The molecule has 6 nitrogen and oxygen atoms in total.